The van der Waals surface area contributed by atoms with E-state index in [0.717, 1.165) is 0 Å². The van der Waals surface area contributed by atoms with Crippen LogP contribution in [0.15, 0.2) is 47.4 Å². The molecule has 0 amide bonds. The number of hydrogen-bond acceptors (Lipinski definition) is 3. The van der Waals surface area contributed by atoms with Crippen molar-refractivity contribution in [2.45, 2.75) is 10.4 Å². The van der Waals surface area contributed by atoms with Crippen molar-refractivity contribution in [2.75, 3.05) is 11.8 Å². The van der Waals surface area contributed by atoms with Crippen molar-refractivity contribution in [2.24, 2.45) is 0 Å². The van der Waals surface area contributed by atoms with Crippen LogP contribution < -0.4 is 9.61 Å². The highest BCUT2D eigenvalue weighted by Gasteiger charge is 2.29. The van der Waals surface area contributed by atoms with Gasteiger partial charge in [-0.25, -0.2) is 0 Å². The standard InChI is InChI=1S/C14H11Cl2F3NO2PS/c1-23(21,22-13-7-2-9(15)8-12(13)16)20-10-3-5-11(6-4-10)24-14(17,18)19/h2-8H,1H3,(H,20,21)/t23-/m0/s1. The van der Waals surface area contributed by atoms with Crippen LogP contribution in [0.25, 0.3) is 0 Å². The van der Waals surface area contributed by atoms with Crippen molar-refractivity contribution in [3.63, 3.8) is 0 Å². The summed E-state index contributed by atoms with van der Waals surface area (Å²) < 4.78 is 54.7. The first-order chi connectivity index (χ1) is 11.0. The van der Waals surface area contributed by atoms with E-state index in [2.05, 4.69) is 5.09 Å². The Morgan fingerprint density at radius 3 is 2.29 bits per heavy atom. The summed E-state index contributed by atoms with van der Waals surface area (Å²) in [4.78, 5) is 0.0284. The van der Waals surface area contributed by atoms with E-state index < -0.39 is 13.0 Å². The third-order valence-corrected chi connectivity index (χ3v) is 5.07. The van der Waals surface area contributed by atoms with E-state index in [1.54, 1.807) is 0 Å². The fraction of sp³-hybridized carbons (Fsp3) is 0.143. The second kappa shape index (κ2) is 7.48. The maximum Gasteiger partial charge on any atom is 0.446 e. The summed E-state index contributed by atoms with van der Waals surface area (Å²) in [6.45, 7) is 1.33. The van der Waals surface area contributed by atoms with Gasteiger partial charge in [-0.05, 0) is 54.2 Å². The second-order valence-corrected chi connectivity index (χ2v) is 8.78. The van der Waals surface area contributed by atoms with Gasteiger partial charge >= 0.3 is 13.0 Å². The van der Waals surface area contributed by atoms with Gasteiger partial charge < -0.3 is 9.61 Å². The molecule has 0 aliphatic carbocycles. The molecule has 0 fully saturated rings. The van der Waals surface area contributed by atoms with E-state index in [1.165, 1.54) is 49.1 Å². The van der Waals surface area contributed by atoms with Gasteiger partial charge in [0.1, 0.15) is 5.75 Å². The smallest absolute Gasteiger partial charge is 0.427 e. The number of benzene rings is 2. The maximum atomic E-state index is 12.5. The molecule has 0 saturated carbocycles. The third kappa shape index (κ3) is 6.13. The molecule has 10 heteroatoms. The molecule has 3 nitrogen and oxygen atoms in total. The molecule has 2 aromatic rings. The zero-order valence-corrected chi connectivity index (χ0v) is 15.3. The Labute approximate surface area is 151 Å². The Hall–Kier alpha value is -1.01. The average molecular weight is 416 g/mol. The minimum Gasteiger partial charge on any atom is -0.427 e. The zero-order valence-electron chi connectivity index (χ0n) is 12.1. The molecule has 0 heterocycles. The number of rotatable bonds is 5. The number of hydrogen-bond donors (Lipinski definition) is 1. The largest absolute Gasteiger partial charge is 0.446 e. The lowest BCUT2D eigenvalue weighted by molar-refractivity contribution is -0.0328. The van der Waals surface area contributed by atoms with Gasteiger partial charge in [0.15, 0.2) is 0 Å². The van der Waals surface area contributed by atoms with Gasteiger partial charge in [-0.1, -0.05) is 23.2 Å². The first kappa shape index (κ1) is 19.3. The summed E-state index contributed by atoms with van der Waals surface area (Å²) in [6.07, 6.45) is 0. The summed E-state index contributed by atoms with van der Waals surface area (Å²) >= 11 is 11.5. The quantitative estimate of drug-likeness (QED) is 0.424. The van der Waals surface area contributed by atoms with Crippen LogP contribution in [0.5, 0.6) is 5.75 Å². The predicted octanol–water partition coefficient (Wildman–Crippen LogP) is 6.92. The Morgan fingerprint density at radius 1 is 1.12 bits per heavy atom. The topological polar surface area (TPSA) is 38.3 Å². The van der Waals surface area contributed by atoms with Crippen molar-refractivity contribution in [1.29, 1.82) is 0 Å². The molecular formula is C14H11Cl2F3NO2PS. The lowest BCUT2D eigenvalue weighted by Gasteiger charge is -2.18. The molecule has 0 aliphatic heterocycles. The van der Waals surface area contributed by atoms with Crippen LogP contribution >= 0.6 is 42.5 Å². The second-order valence-electron chi connectivity index (χ2n) is 4.70. The summed E-state index contributed by atoms with van der Waals surface area (Å²) in [5.41, 5.74) is -4.00. The third-order valence-electron chi connectivity index (χ3n) is 2.59. The minimum absolute atomic E-state index is 0.0284. The molecule has 24 heavy (non-hydrogen) atoms. The van der Waals surface area contributed by atoms with Crippen LogP contribution in [-0.2, 0) is 4.57 Å². The number of alkyl halides is 3. The van der Waals surface area contributed by atoms with Crippen molar-refractivity contribution in [3.8, 4) is 5.75 Å². The van der Waals surface area contributed by atoms with Crippen LogP contribution in [0.4, 0.5) is 18.9 Å². The number of anilines is 1. The maximum absolute atomic E-state index is 12.5. The Balaban J connectivity index is 2.07. The monoisotopic (exact) mass is 415 g/mol. The molecule has 130 valence electrons. The summed E-state index contributed by atoms with van der Waals surface area (Å²) in [5, 5.41) is 3.25. The molecule has 2 rings (SSSR count). The van der Waals surface area contributed by atoms with E-state index in [1.807, 2.05) is 0 Å². The minimum atomic E-state index is -4.36. The lowest BCUT2D eigenvalue weighted by Crippen LogP contribution is -2.03. The van der Waals surface area contributed by atoms with Crippen LogP contribution in [0.2, 0.25) is 10.0 Å². The highest BCUT2D eigenvalue weighted by molar-refractivity contribution is 8.00. The van der Waals surface area contributed by atoms with E-state index in [-0.39, 0.29) is 27.4 Å². The molecule has 0 aromatic heterocycles. The molecule has 0 bridgehead atoms. The Morgan fingerprint density at radius 2 is 1.75 bits per heavy atom. The molecule has 1 atom stereocenters. The molecule has 0 saturated heterocycles. The summed E-state index contributed by atoms with van der Waals surface area (Å²) in [5.74, 6) is 0.184. The highest BCUT2D eigenvalue weighted by atomic mass is 35.5. The van der Waals surface area contributed by atoms with E-state index in [4.69, 9.17) is 27.7 Å². The average Bonchev–Trinajstić information content (AvgIpc) is 2.42. The lowest BCUT2D eigenvalue weighted by atomic mass is 10.3. The molecule has 2 aromatic carbocycles. The van der Waals surface area contributed by atoms with Gasteiger partial charge in [0.25, 0.3) is 0 Å². The fourth-order valence-electron chi connectivity index (χ4n) is 1.73. The molecule has 0 aliphatic rings. The van der Waals surface area contributed by atoms with Crippen LogP contribution in [0, 0.1) is 0 Å². The molecule has 1 N–H and O–H groups in total. The summed E-state index contributed by atoms with van der Waals surface area (Å²) in [6, 6.07) is 9.78. The van der Waals surface area contributed by atoms with Gasteiger partial charge in [-0.2, -0.15) is 13.2 Å². The van der Waals surface area contributed by atoms with Crippen molar-refractivity contribution in [3.05, 3.63) is 52.5 Å². The van der Waals surface area contributed by atoms with Gasteiger partial charge in [0.05, 0.1) is 5.02 Å². The van der Waals surface area contributed by atoms with Gasteiger partial charge in [0, 0.05) is 22.3 Å². The van der Waals surface area contributed by atoms with Crippen molar-refractivity contribution in [1.82, 2.24) is 0 Å². The van der Waals surface area contributed by atoms with E-state index in [9.17, 15) is 17.7 Å². The Bertz CT molecular complexity index is 772. The van der Waals surface area contributed by atoms with Crippen LogP contribution in [0.3, 0.4) is 0 Å². The van der Waals surface area contributed by atoms with E-state index in [0.29, 0.717) is 10.7 Å². The van der Waals surface area contributed by atoms with Crippen molar-refractivity contribution < 1.29 is 22.3 Å². The zero-order chi connectivity index (χ0) is 18.0. The fourth-order valence-corrected chi connectivity index (χ4v) is 3.96. The number of nitrogens with one attached hydrogen (secondary N) is 1. The molecule has 0 spiro atoms. The Kier molecular flexibility index (Phi) is 6.02. The SMILES string of the molecule is C[P@@](=O)(Nc1ccc(SC(F)(F)F)cc1)Oc1ccc(Cl)cc1Cl. The number of thioether (sulfide) groups is 1. The van der Waals surface area contributed by atoms with Crippen LogP contribution in [0.1, 0.15) is 0 Å². The van der Waals surface area contributed by atoms with Gasteiger partial charge in [-0.15, -0.1) is 0 Å². The summed E-state index contributed by atoms with van der Waals surface area (Å²) in [7, 11) is -3.34. The highest BCUT2D eigenvalue weighted by Crippen LogP contribution is 2.46. The predicted molar refractivity (Wildman–Crippen MR) is 92.6 cm³/mol. The van der Waals surface area contributed by atoms with Gasteiger partial charge in [0.2, 0.25) is 0 Å². The van der Waals surface area contributed by atoms with E-state index >= 15 is 0 Å². The molecular weight excluding hydrogens is 405 g/mol. The first-order valence-corrected chi connectivity index (χ1v) is 10.0. The van der Waals surface area contributed by atoms with Crippen molar-refractivity contribution >= 4 is 48.2 Å². The van der Waals surface area contributed by atoms with Crippen LogP contribution in [-0.4, -0.2) is 12.2 Å². The first-order valence-electron chi connectivity index (χ1n) is 6.40. The molecule has 0 radical (unpaired) electrons. The number of halogens is 5. The normalized spacial score (nSPS) is 14.1. The van der Waals surface area contributed by atoms with Gasteiger partial charge in [-0.3, -0.25) is 4.57 Å². The molecule has 0 unspecified atom stereocenters.